The molecular weight excluding hydrogens is 318 g/mol. The van der Waals surface area contributed by atoms with E-state index >= 15 is 0 Å². The highest BCUT2D eigenvalue weighted by molar-refractivity contribution is 5.95. The predicted molar refractivity (Wildman–Crippen MR) is 96.5 cm³/mol. The number of para-hydroxylation sites is 1. The number of anilines is 1. The third kappa shape index (κ3) is 6.67. The number of amides is 1. The lowest BCUT2D eigenvalue weighted by Crippen LogP contribution is -2.30. The zero-order valence-electron chi connectivity index (χ0n) is 14.5. The molecule has 25 heavy (non-hydrogen) atoms. The van der Waals surface area contributed by atoms with Gasteiger partial charge < -0.3 is 14.8 Å². The number of aryl methyl sites for hydroxylation is 1. The fourth-order valence-electron chi connectivity index (χ4n) is 2.19. The first kappa shape index (κ1) is 18.5. The lowest BCUT2D eigenvalue weighted by Gasteiger charge is -2.13. The Morgan fingerprint density at radius 3 is 2.56 bits per heavy atom. The molecule has 132 valence electrons. The summed E-state index contributed by atoms with van der Waals surface area (Å²) < 4.78 is 10.7. The third-order valence-electron chi connectivity index (χ3n) is 3.50. The SMILES string of the molecule is Cc1cccc(OCCCC(=O)O[C@@H](C)C(=O)Nc2ccccc2)c1. The van der Waals surface area contributed by atoms with E-state index in [4.69, 9.17) is 9.47 Å². The molecule has 0 fully saturated rings. The van der Waals surface area contributed by atoms with Gasteiger partial charge in [0.25, 0.3) is 5.91 Å². The molecule has 1 N–H and O–H groups in total. The predicted octanol–water partition coefficient (Wildman–Crippen LogP) is 3.72. The minimum Gasteiger partial charge on any atom is -0.494 e. The van der Waals surface area contributed by atoms with E-state index in [1.165, 1.54) is 0 Å². The molecular formula is C20H23NO4. The van der Waals surface area contributed by atoms with Crippen LogP contribution in [0.3, 0.4) is 0 Å². The van der Waals surface area contributed by atoms with E-state index in [0.717, 1.165) is 11.3 Å². The Balaban J connectivity index is 1.66. The van der Waals surface area contributed by atoms with Crippen LogP contribution in [0.5, 0.6) is 5.75 Å². The second-order valence-electron chi connectivity index (χ2n) is 5.76. The lowest BCUT2D eigenvalue weighted by molar-refractivity contribution is -0.153. The molecule has 0 aliphatic rings. The zero-order valence-corrected chi connectivity index (χ0v) is 14.5. The van der Waals surface area contributed by atoms with E-state index in [1.54, 1.807) is 19.1 Å². The average molecular weight is 341 g/mol. The molecule has 0 bridgehead atoms. The molecule has 0 aliphatic carbocycles. The topological polar surface area (TPSA) is 64.6 Å². The fraction of sp³-hybridized carbons (Fsp3) is 0.300. The summed E-state index contributed by atoms with van der Waals surface area (Å²) >= 11 is 0. The van der Waals surface area contributed by atoms with E-state index in [-0.39, 0.29) is 12.3 Å². The molecule has 2 rings (SSSR count). The Bertz CT molecular complexity index is 700. The van der Waals surface area contributed by atoms with Crippen molar-refractivity contribution >= 4 is 17.6 Å². The zero-order chi connectivity index (χ0) is 18.1. The number of esters is 1. The molecule has 0 spiro atoms. The van der Waals surface area contributed by atoms with Gasteiger partial charge in [-0.15, -0.1) is 0 Å². The number of nitrogens with one attached hydrogen (secondary N) is 1. The smallest absolute Gasteiger partial charge is 0.306 e. The Hall–Kier alpha value is -2.82. The first-order chi connectivity index (χ1) is 12.0. The van der Waals surface area contributed by atoms with E-state index < -0.39 is 12.1 Å². The van der Waals surface area contributed by atoms with Crippen LogP contribution in [0, 0.1) is 6.92 Å². The van der Waals surface area contributed by atoms with Gasteiger partial charge in [-0.05, 0) is 50.1 Å². The highest BCUT2D eigenvalue weighted by atomic mass is 16.5. The number of benzene rings is 2. The highest BCUT2D eigenvalue weighted by Gasteiger charge is 2.17. The second kappa shape index (κ2) is 9.47. The highest BCUT2D eigenvalue weighted by Crippen LogP contribution is 2.13. The van der Waals surface area contributed by atoms with E-state index in [0.29, 0.717) is 18.7 Å². The van der Waals surface area contributed by atoms with Crippen molar-refractivity contribution in [3.05, 3.63) is 60.2 Å². The number of rotatable bonds is 8. The molecule has 5 heteroatoms. The van der Waals surface area contributed by atoms with Crippen LogP contribution in [-0.4, -0.2) is 24.6 Å². The normalized spacial score (nSPS) is 11.4. The summed E-state index contributed by atoms with van der Waals surface area (Å²) in [5.74, 6) is 0.0167. The number of ether oxygens (including phenoxy) is 2. The molecule has 1 amide bonds. The summed E-state index contributed by atoms with van der Waals surface area (Å²) in [5, 5.41) is 2.70. The van der Waals surface area contributed by atoms with Crippen LogP contribution in [0.4, 0.5) is 5.69 Å². The summed E-state index contributed by atoms with van der Waals surface area (Å²) in [6.07, 6.45) is -0.111. The van der Waals surface area contributed by atoms with Crippen LogP contribution in [0.1, 0.15) is 25.3 Å². The summed E-state index contributed by atoms with van der Waals surface area (Å²) in [5.41, 5.74) is 1.79. The van der Waals surface area contributed by atoms with Crippen molar-refractivity contribution in [3.63, 3.8) is 0 Å². The van der Waals surface area contributed by atoms with Gasteiger partial charge in [-0.1, -0.05) is 30.3 Å². The standard InChI is InChI=1S/C20H23NO4/c1-15-8-6-11-18(14-15)24-13-7-12-19(22)25-16(2)20(23)21-17-9-4-3-5-10-17/h3-6,8-11,14,16H,7,12-13H2,1-2H3,(H,21,23)/t16-/m0/s1. The van der Waals surface area contributed by atoms with Gasteiger partial charge in [-0.3, -0.25) is 9.59 Å². The minimum atomic E-state index is -0.842. The van der Waals surface area contributed by atoms with E-state index in [2.05, 4.69) is 5.32 Å². The monoisotopic (exact) mass is 341 g/mol. The first-order valence-corrected chi connectivity index (χ1v) is 8.29. The van der Waals surface area contributed by atoms with E-state index in [9.17, 15) is 9.59 Å². The lowest BCUT2D eigenvalue weighted by atomic mass is 10.2. The molecule has 0 unspecified atom stereocenters. The number of hydrogen-bond acceptors (Lipinski definition) is 4. The number of hydrogen-bond donors (Lipinski definition) is 1. The quantitative estimate of drug-likeness (QED) is 0.587. The van der Waals surface area contributed by atoms with E-state index in [1.807, 2.05) is 49.4 Å². The van der Waals surface area contributed by atoms with Crippen molar-refractivity contribution < 1.29 is 19.1 Å². The molecule has 0 aromatic heterocycles. The van der Waals surface area contributed by atoms with Crippen molar-refractivity contribution in [2.45, 2.75) is 32.8 Å². The third-order valence-corrected chi connectivity index (χ3v) is 3.50. The molecule has 0 aliphatic heterocycles. The van der Waals surface area contributed by atoms with Gasteiger partial charge in [0.1, 0.15) is 5.75 Å². The summed E-state index contributed by atoms with van der Waals surface area (Å²) in [6, 6.07) is 16.8. The average Bonchev–Trinajstić information content (AvgIpc) is 2.59. The van der Waals surface area contributed by atoms with Gasteiger partial charge in [0.15, 0.2) is 6.10 Å². The van der Waals surface area contributed by atoms with Crippen LogP contribution in [0.25, 0.3) is 0 Å². The Labute approximate surface area is 148 Å². The maximum Gasteiger partial charge on any atom is 0.306 e. The summed E-state index contributed by atoms with van der Waals surface area (Å²) in [4.78, 5) is 23.8. The van der Waals surface area contributed by atoms with Gasteiger partial charge in [-0.25, -0.2) is 0 Å². The van der Waals surface area contributed by atoms with Gasteiger partial charge in [0.05, 0.1) is 6.61 Å². The van der Waals surface area contributed by atoms with Crippen LogP contribution in [0.15, 0.2) is 54.6 Å². The summed E-state index contributed by atoms with van der Waals surface area (Å²) in [7, 11) is 0. The molecule has 1 atom stereocenters. The Morgan fingerprint density at radius 2 is 1.84 bits per heavy atom. The molecule has 2 aromatic rings. The Kier molecular flexibility index (Phi) is 7.01. The largest absolute Gasteiger partial charge is 0.494 e. The van der Waals surface area contributed by atoms with Crippen molar-refractivity contribution in [1.82, 2.24) is 0 Å². The van der Waals surface area contributed by atoms with Crippen molar-refractivity contribution in [2.75, 3.05) is 11.9 Å². The van der Waals surface area contributed by atoms with Gasteiger partial charge in [-0.2, -0.15) is 0 Å². The molecule has 0 heterocycles. The van der Waals surface area contributed by atoms with Crippen LogP contribution in [0.2, 0.25) is 0 Å². The van der Waals surface area contributed by atoms with Crippen molar-refractivity contribution in [2.24, 2.45) is 0 Å². The first-order valence-electron chi connectivity index (χ1n) is 8.29. The molecule has 5 nitrogen and oxygen atoms in total. The maximum absolute atomic E-state index is 12.0. The number of carbonyl (C=O) groups excluding carboxylic acids is 2. The number of carbonyl (C=O) groups is 2. The minimum absolute atomic E-state index is 0.203. The Morgan fingerprint density at radius 1 is 1.08 bits per heavy atom. The van der Waals surface area contributed by atoms with Crippen molar-refractivity contribution in [3.8, 4) is 5.75 Å². The molecule has 0 saturated carbocycles. The fourth-order valence-corrected chi connectivity index (χ4v) is 2.19. The van der Waals surface area contributed by atoms with Gasteiger partial charge in [0, 0.05) is 12.1 Å². The molecule has 0 saturated heterocycles. The maximum atomic E-state index is 12.0. The van der Waals surface area contributed by atoms with Crippen LogP contribution >= 0.6 is 0 Å². The van der Waals surface area contributed by atoms with Gasteiger partial charge >= 0.3 is 5.97 Å². The van der Waals surface area contributed by atoms with Crippen LogP contribution < -0.4 is 10.1 Å². The van der Waals surface area contributed by atoms with Crippen molar-refractivity contribution in [1.29, 1.82) is 0 Å². The van der Waals surface area contributed by atoms with Crippen LogP contribution in [-0.2, 0) is 14.3 Å². The summed E-state index contributed by atoms with van der Waals surface area (Å²) in [6.45, 7) is 3.97. The van der Waals surface area contributed by atoms with Gasteiger partial charge in [0.2, 0.25) is 0 Å². The second-order valence-corrected chi connectivity index (χ2v) is 5.76. The molecule has 0 radical (unpaired) electrons. The molecule has 2 aromatic carbocycles.